The van der Waals surface area contributed by atoms with Crippen LogP contribution in [0.15, 0.2) is 0 Å². The summed E-state index contributed by atoms with van der Waals surface area (Å²) in [5, 5.41) is 11.3. The Hall–Kier alpha value is -0.0900. The van der Waals surface area contributed by atoms with Gasteiger partial charge in [-0.25, -0.2) is 0 Å². The molecule has 0 bridgehead atoms. The minimum atomic E-state index is -0.602. The lowest BCUT2D eigenvalue weighted by atomic mass is 9.84. The number of amides is 1. The Morgan fingerprint density at radius 3 is 2.62 bits per heavy atom. The molecule has 1 N–H and O–H groups in total. The van der Waals surface area contributed by atoms with Gasteiger partial charge in [-0.05, 0) is 18.8 Å². The molecule has 0 spiro atoms. The number of hydrogen-bond donors (Lipinski definition) is 1. The molecule has 0 aromatic heterocycles. The molecule has 4 heteroatoms. The van der Waals surface area contributed by atoms with Crippen LogP contribution in [0.2, 0.25) is 0 Å². The molecule has 2 aliphatic rings. The molecule has 16 heavy (non-hydrogen) atoms. The summed E-state index contributed by atoms with van der Waals surface area (Å²) in [4.78, 5) is 13.6. The van der Waals surface area contributed by atoms with Crippen molar-refractivity contribution in [1.29, 1.82) is 0 Å². The van der Waals surface area contributed by atoms with Crippen molar-refractivity contribution in [2.75, 3.05) is 18.4 Å². The van der Waals surface area contributed by atoms with Crippen LogP contribution in [0.5, 0.6) is 0 Å². The van der Waals surface area contributed by atoms with Gasteiger partial charge in [0.05, 0.1) is 5.60 Å². The van der Waals surface area contributed by atoms with Crippen molar-refractivity contribution in [1.82, 2.24) is 4.90 Å². The zero-order valence-electron chi connectivity index (χ0n) is 9.62. The first-order chi connectivity index (χ1) is 7.63. The third-order valence-corrected chi connectivity index (χ3v) is 4.70. The van der Waals surface area contributed by atoms with Gasteiger partial charge in [-0.2, -0.15) is 0 Å². The second-order valence-corrected chi connectivity index (χ2v) is 5.93. The number of likely N-dealkylation sites (tertiary alicyclic amines) is 1. The van der Waals surface area contributed by atoms with Gasteiger partial charge >= 0.3 is 0 Å². The molecule has 0 aromatic carbocycles. The molecule has 3 nitrogen and oxygen atoms in total. The summed E-state index contributed by atoms with van der Waals surface area (Å²) in [5.41, 5.74) is -0.602. The number of hydrogen-bond acceptors (Lipinski definition) is 2. The van der Waals surface area contributed by atoms with E-state index in [-0.39, 0.29) is 5.91 Å². The summed E-state index contributed by atoms with van der Waals surface area (Å²) >= 11 is 3.43. The van der Waals surface area contributed by atoms with Gasteiger partial charge in [0.1, 0.15) is 0 Å². The van der Waals surface area contributed by atoms with Gasteiger partial charge in [-0.1, -0.05) is 35.2 Å². The highest BCUT2D eigenvalue weighted by Gasteiger charge is 2.36. The van der Waals surface area contributed by atoms with E-state index in [2.05, 4.69) is 15.9 Å². The number of carbonyl (C=O) groups is 1. The SMILES string of the molecule is O=C1CC(CBr)CN1CC1(O)CCCCC1. The zero-order valence-corrected chi connectivity index (χ0v) is 11.2. The van der Waals surface area contributed by atoms with Crippen LogP contribution in [0.3, 0.4) is 0 Å². The van der Waals surface area contributed by atoms with E-state index >= 15 is 0 Å². The van der Waals surface area contributed by atoms with Crippen LogP contribution in [0.1, 0.15) is 38.5 Å². The van der Waals surface area contributed by atoms with E-state index in [9.17, 15) is 9.90 Å². The Labute approximate surface area is 105 Å². The number of nitrogens with zero attached hydrogens (tertiary/aromatic N) is 1. The van der Waals surface area contributed by atoms with Crippen molar-refractivity contribution >= 4 is 21.8 Å². The van der Waals surface area contributed by atoms with Gasteiger partial charge in [0.15, 0.2) is 0 Å². The summed E-state index contributed by atoms with van der Waals surface area (Å²) < 4.78 is 0. The number of carbonyl (C=O) groups excluding carboxylic acids is 1. The Morgan fingerprint density at radius 2 is 2.06 bits per heavy atom. The zero-order chi connectivity index (χ0) is 11.6. The number of β-amino-alcohol motifs (C(OH)–C–C–N with tert-alkyl or cyclic N) is 1. The molecule has 2 rings (SSSR count). The average molecular weight is 290 g/mol. The van der Waals surface area contributed by atoms with E-state index in [1.807, 2.05) is 4.90 Å². The molecule has 1 unspecified atom stereocenters. The second-order valence-electron chi connectivity index (χ2n) is 5.28. The van der Waals surface area contributed by atoms with Crippen molar-refractivity contribution in [2.45, 2.75) is 44.1 Å². The predicted octanol–water partition coefficient (Wildman–Crippen LogP) is 1.93. The van der Waals surface area contributed by atoms with Crippen LogP contribution in [0.4, 0.5) is 0 Å². The number of halogens is 1. The summed E-state index contributed by atoms with van der Waals surface area (Å²) in [6.45, 7) is 1.36. The normalized spacial score (nSPS) is 29.8. The molecular formula is C12H20BrNO2. The largest absolute Gasteiger partial charge is 0.388 e. The Morgan fingerprint density at radius 1 is 1.38 bits per heavy atom. The van der Waals surface area contributed by atoms with Gasteiger partial charge in [-0.3, -0.25) is 4.79 Å². The highest BCUT2D eigenvalue weighted by Crippen LogP contribution is 2.31. The maximum Gasteiger partial charge on any atom is 0.223 e. The van der Waals surface area contributed by atoms with Gasteiger partial charge in [-0.15, -0.1) is 0 Å². The number of rotatable bonds is 3. The Kier molecular flexibility index (Phi) is 3.90. The summed E-state index contributed by atoms with van der Waals surface area (Å²) in [5.74, 6) is 0.642. The number of alkyl halides is 1. The molecule has 1 saturated carbocycles. The lowest BCUT2D eigenvalue weighted by molar-refractivity contribution is -0.131. The number of aliphatic hydroxyl groups is 1. The van der Waals surface area contributed by atoms with E-state index < -0.39 is 5.60 Å². The fourth-order valence-electron chi connectivity index (χ4n) is 2.83. The molecular weight excluding hydrogens is 270 g/mol. The molecule has 1 amide bonds. The quantitative estimate of drug-likeness (QED) is 0.807. The highest BCUT2D eigenvalue weighted by molar-refractivity contribution is 9.09. The van der Waals surface area contributed by atoms with Gasteiger partial charge in [0.2, 0.25) is 5.91 Å². The summed E-state index contributed by atoms with van der Waals surface area (Å²) in [6.07, 6.45) is 5.77. The van der Waals surface area contributed by atoms with Crippen molar-refractivity contribution in [3.05, 3.63) is 0 Å². The van der Waals surface area contributed by atoms with E-state index in [4.69, 9.17) is 0 Å². The van der Waals surface area contributed by atoms with Gasteiger partial charge in [0, 0.05) is 24.8 Å². The van der Waals surface area contributed by atoms with Crippen molar-refractivity contribution < 1.29 is 9.90 Å². The Bertz CT molecular complexity index is 264. The monoisotopic (exact) mass is 289 g/mol. The minimum Gasteiger partial charge on any atom is -0.388 e. The lowest BCUT2D eigenvalue weighted by Crippen LogP contribution is -2.45. The smallest absolute Gasteiger partial charge is 0.223 e. The lowest BCUT2D eigenvalue weighted by Gasteiger charge is -2.35. The van der Waals surface area contributed by atoms with Crippen molar-refractivity contribution in [3.63, 3.8) is 0 Å². The van der Waals surface area contributed by atoms with E-state index in [0.717, 1.165) is 37.6 Å². The first-order valence-corrected chi connectivity index (χ1v) is 7.31. The van der Waals surface area contributed by atoms with Gasteiger partial charge in [0.25, 0.3) is 0 Å². The molecule has 1 atom stereocenters. The fourth-order valence-corrected chi connectivity index (χ4v) is 3.27. The van der Waals surface area contributed by atoms with Crippen molar-refractivity contribution in [2.24, 2.45) is 5.92 Å². The van der Waals surface area contributed by atoms with E-state index in [1.54, 1.807) is 0 Å². The third kappa shape index (κ3) is 2.77. The Balaban J connectivity index is 1.91. The molecule has 0 aromatic rings. The van der Waals surface area contributed by atoms with E-state index in [0.29, 0.717) is 18.9 Å². The average Bonchev–Trinajstić information content (AvgIpc) is 2.60. The van der Waals surface area contributed by atoms with Crippen LogP contribution in [0, 0.1) is 5.92 Å². The molecule has 2 fully saturated rings. The molecule has 1 aliphatic carbocycles. The second kappa shape index (κ2) is 5.05. The minimum absolute atomic E-state index is 0.212. The predicted molar refractivity (Wildman–Crippen MR) is 66.5 cm³/mol. The molecule has 1 aliphatic heterocycles. The highest BCUT2D eigenvalue weighted by atomic mass is 79.9. The van der Waals surface area contributed by atoms with Crippen LogP contribution >= 0.6 is 15.9 Å². The van der Waals surface area contributed by atoms with Crippen LogP contribution < -0.4 is 0 Å². The van der Waals surface area contributed by atoms with Crippen LogP contribution in [0.25, 0.3) is 0 Å². The van der Waals surface area contributed by atoms with Crippen LogP contribution in [-0.2, 0) is 4.79 Å². The summed E-state index contributed by atoms with van der Waals surface area (Å²) in [7, 11) is 0. The first-order valence-electron chi connectivity index (χ1n) is 6.19. The van der Waals surface area contributed by atoms with Crippen LogP contribution in [-0.4, -0.2) is 39.9 Å². The summed E-state index contributed by atoms with van der Waals surface area (Å²) in [6, 6.07) is 0. The van der Waals surface area contributed by atoms with E-state index in [1.165, 1.54) is 6.42 Å². The molecule has 0 radical (unpaired) electrons. The van der Waals surface area contributed by atoms with Crippen molar-refractivity contribution in [3.8, 4) is 0 Å². The first kappa shape index (κ1) is 12.4. The fraction of sp³-hybridized carbons (Fsp3) is 0.917. The standard InChI is InChI=1S/C12H20BrNO2/c13-7-10-6-11(15)14(8-10)9-12(16)4-2-1-3-5-12/h10,16H,1-9H2. The van der Waals surface area contributed by atoms with Gasteiger partial charge < -0.3 is 10.0 Å². The molecule has 1 saturated heterocycles. The topological polar surface area (TPSA) is 40.5 Å². The third-order valence-electron chi connectivity index (χ3n) is 3.78. The maximum absolute atomic E-state index is 11.8. The molecule has 1 heterocycles. The molecule has 92 valence electrons. The maximum atomic E-state index is 11.8.